The van der Waals surface area contributed by atoms with Gasteiger partial charge < -0.3 is 5.32 Å². The van der Waals surface area contributed by atoms with Gasteiger partial charge in [0.2, 0.25) is 0 Å². The van der Waals surface area contributed by atoms with E-state index < -0.39 is 0 Å². The lowest BCUT2D eigenvalue weighted by molar-refractivity contribution is 0.0935. The molecule has 0 aliphatic heterocycles. The zero-order valence-electron chi connectivity index (χ0n) is 10.2. The van der Waals surface area contributed by atoms with E-state index in [-0.39, 0.29) is 11.9 Å². The van der Waals surface area contributed by atoms with Crippen LogP contribution in [0.15, 0.2) is 42.6 Å². The topological polar surface area (TPSA) is 42.0 Å². The van der Waals surface area contributed by atoms with Gasteiger partial charge in [-0.15, -0.1) is 0 Å². The fourth-order valence-electron chi connectivity index (χ4n) is 1.70. The minimum Gasteiger partial charge on any atom is -0.344 e. The Morgan fingerprint density at radius 3 is 2.68 bits per heavy atom. The molecule has 5 heteroatoms. The van der Waals surface area contributed by atoms with Gasteiger partial charge in [0.05, 0.1) is 6.04 Å². The fourth-order valence-corrected chi connectivity index (χ4v) is 2.27. The highest BCUT2D eigenvalue weighted by Gasteiger charge is 2.14. The lowest BCUT2D eigenvalue weighted by Crippen LogP contribution is -2.27. The SMILES string of the molecule is C[C@H](NC(=O)c1ccccn1)c1ccc(Cl)cc1Cl. The van der Waals surface area contributed by atoms with E-state index in [0.717, 1.165) is 5.56 Å². The van der Waals surface area contributed by atoms with Gasteiger partial charge in [0.1, 0.15) is 5.69 Å². The third-order valence-electron chi connectivity index (χ3n) is 2.67. The van der Waals surface area contributed by atoms with Crippen LogP contribution in [0.5, 0.6) is 0 Å². The smallest absolute Gasteiger partial charge is 0.270 e. The standard InChI is InChI=1S/C14H12Cl2N2O/c1-9(11-6-5-10(15)8-12(11)16)18-14(19)13-4-2-3-7-17-13/h2-9H,1H3,(H,18,19)/t9-/m0/s1. The Bertz CT molecular complexity index is 587. The molecule has 3 nitrogen and oxygen atoms in total. The number of pyridine rings is 1. The molecular formula is C14H12Cl2N2O. The highest BCUT2D eigenvalue weighted by Crippen LogP contribution is 2.26. The maximum absolute atomic E-state index is 12.0. The van der Waals surface area contributed by atoms with Crippen LogP contribution >= 0.6 is 23.2 Å². The average Bonchev–Trinajstić information content (AvgIpc) is 2.39. The molecule has 0 aliphatic carbocycles. The zero-order valence-corrected chi connectivity index (χ0v) is 11.7. The number of aromatic nitrogens is 1. The van der Waals surface area contributed by atoms with E-state index in [1.807, 2.05) is 6.92 Å². The van der Waals surface area contributed by atoms with Crippen molar-refractivity contribution in [3.63, 3.8) is 0 Å². The van der Waals surface area contributed by atoms with Crippen molar-refractivity contribution in [3.8, 4) is 0 Å². The monoisotopic (exact) mass is 294 g/mol. The van der Waals surface area contributed by atoms with Crippen molar-refractivity contribution in [1.82, 2.24) is 10.3 Å². The number of hydrogen-bond acceptors (Lipinski definition) is 2. The Balaban J connectivity index is 2.13. The molecule has 0 unspecified atom stereocenters. The Morgan fingerprint density at radius 1 is 1.26 bits per heavy atom. The van der Waals surface area contributed by atoms with E-state index in [0.29, 0.717) is 15.7 Å². The number of nitrogens with zero attached hydrogens (tertiary/aromatic N) is 1. The van der Waals surface area contributed by atoms with E-state index in [2.05, 4.69) is 10.3 Å². The van der Waals surface area contributed by atoms with Crippen molar-refractivity contribution in [2.75, 3.05) is 0 Å². The molecule has 0 saturated carbocycles. The number of amides is 1. The molecule has 98 valence electrons. The summed E-state index contributed by atoms with van der Waals surface area (Å²) < 4.78 is 0. The van der Waals surface area contributed by atoms with Crippen LogP contribution in [0.3, 0.4) is 0 Å². The van der Waals surface area contributed by atoms with E-state index in [1.54, 1.807) is 42.6 Å². The van der Waals surface area contributed by atoms with Crippen molar-refractivity contribution in [2.24, 2.45) is 0 Å². The first kappa shape index (κ1) is 13.8. The van der Waals surface area contributed by atoms with Crippen molar-refractivity contribution in [2.45, 2.75) is 13.0 Å². The van der Waals surface area contributed by atoms with Gasteiger partial charge in [-0.05, 0) is 36.8 Å². The van der Waals surface area contributed by atoms with E-state index in [4.69, 9.17) is 23.2 Å². The zero-order chi connectivity index (χ0) is 13.8. The molecule has 0 saturated heterocycles. The molecular weight excluding hydrogens is 283 g/mol. The Labute approximate surface area is 121 Å². The summed E-state index contributed by atoms with van der Waals surface area (Å²) in [6, 6.07) is 10.2. The minimum atomic E-state index is -0.237. The summed E-state index contributed by atoms with van der Waals surface area (Å²) in [6.07, 6.45) is 1.58. The number of carbonyl (C=O) groups is 1. The molecule has 1 atom stereocenters. The third-order valence-corrected chi connectivity index (χ3v) is 3.24. The van der Waals surface area contributed by atoms with Crippen LogP contribution in [-0.4, -0.2) is 10.9 Å². The third kappa shape index (κ3) is 3.46. The summed E-state index contributed by atoms with van der Waals surface area (Å²) in [5.41, 5.74) is 1.19. The van der Waals surface area contributed by atoms with Gasteiger partial charge in [0, 0.05) is 16.2 Å². The van der Waals surface area contributed by atoms with Crippen LogP contribution in [0, 0.1) is 0 Å². The molecule has 19 heavy (non-hydrogen) atoms. The largest absolute Gasteiger partial charge is 0.344 e. The normalized spacial score (nSPS) is 11.9. The fraction of sp³-hybridized carbons (Fsp3) is 0.143. The number of nitrogens with one attached hydrogen (secondary N) is 1. The molecule has 1 aromatic carbocycles. The molecule has 2 aromatic rings. The van der Waals surface area contributed by atoms with Crippen molar-refractivity contribution < 1.29 is 4.79 Å². The minimum absolute atomic E-state index is 0.223. The summed E-state index contributed by atoms with van der Waals surface area (Å²) in [5.74, 6) is -0.237. The maximum atomic E-state index is 12.0. The summed E-state index contributed by atoms with van der Waals surface area (Å²) >= 11 is 11.9. The second-order valence-electron chi connectivity index (χ2n) is 4.08. The van der Waals surface area contributed by atoms with Crippen LogP contribution in [0.2, 0.25) is 10.0 Å². The quantitative estimate of drug-likeness (QED) is 0.933. The van der Waals surface area contributed by atoms with Crippen molar-refractivity contribution in [3.05, 3.63) is 63.9 Å². The second-order valence-corrected chi connectivity index (χ2v) is 4.92. The molecule has 2 rings (SSSR count). The predicted molar refractivity (Wildman–Crippen MR) is 76.6 cm³/mol. The first-order chi connectivity index (χ1) is 9.08. The van der Waals surface area contributed by atoms with Gasteiger partial charge in [-0.2, -0.15) is 0 Å². The van der Waals surface area contributed by atoms with Gasteiger partial charge in [0.15, 0.2) is 0 Å². The molecule has 0 bridgehead atoms. The number of benzene rings is 1. The molecule has 1 amide bonds. The number of halogens is 2. The highest BCUT2D eigenvalue weighted by atomic mass is 35.5. The lowest BCUT2D eigenvalue weighted by atomic mass is 10.1. The van der Waals surface area contributed by atoms with Crippen LogP contribution in [-0.2, 0) is 0 Å². The van der Waals surface area contributed by atoms with Gasteiger partial charge >= 0.3 is 0 Å². The van der Waals surface area contributed by atoms with Crippen molar-refractivity contribution >= 4 is 29.1 Å². The first-order valence-electron chi connectivity index (χ1n) is 5.75. The first-order valence-corrected chi connectivity index (χ1v) is 6.50. The van der Waals surface area contributed by atoms with Crippen LogP contribution in [0.25, 0.3) is 0 Å². The summed E-state index contributed by atoms with van der Waals surface area (Å²) in [4.78, 5) is 16.0. The van der Waals surface area contributed by atoms with Crippen LogP contribution in [0.1, 0.15) is 29.0 Å². The van der Waals surface area contributed by atoms with Gasteiger partial charge in [0.25, 0.3) is 5.91 Å². The van der Waals surface area contributed by atoms with E-state index >= 15 is 0 Å². The molecule has 0 aliphatic rings. The Morgan fingerprint density at radius 2 is 2.05 bits per heavy atom. The van der Waals surface area contributed by atoms with Crippen LogP contribution in [0.4, 0.5) is 0 Å². The molecule has 0 radical (unpaired) electrons. The van der Waals surface area contributed by atoms with Gasteiger partial charge in [-0.3, -0.25) is 9.78 Å². The molecule has 1 N–H and O–H groups in total. The number of rotatable bonds is 3. The molecule has 1 heterocycles. The van der Waals surface area contributed by atoms with Crippen LogP contribution < -0.4 is 5.32 Å². The van der Waals surface area contributed by atoms with Gasteiger partial charge in [-0.1, -0.05) is 35.3 Å². The summed E-state index contributed by atoms with van der Waals surface area (Å²) in [7, 11) is 0. The maximum Gasteiger partial charge on any atom is 0.270 e. The Kier molecular flexibility index (Phi) is 4.40. The average molecular weight is 295 g/mol. The second kappa shape index (κ2) is 6.04. The van der Waals surface area contributed by atoms with E-state index in [9.17, 15) is 4.79 Å². The van der Waals surface area contributed by atoms with E-state index in [1.165, 1.54) is 0 Å². The molecule has 1 aromatic heterocycles. The van der Waals surface area contributed by atoms with Crippen molar-refractivity contribution in [1.29, 1.82) is 0 Å². The molecule has 0 spiro atoms. The molecule has 0 fully saturated rings. The highest BCUT2D eigenvalue weighted by molar-refractivity contribution is 6.35. The summed E-state index contributed by atoms with van der Waals surface area (Å²) in [5, 5.41) is 3.94. The predicted octanol–water partition coefficient (Wildman–Crippen LogP) is 3.88. The van der Waals surface area contributed by atoms with Gasteiger partial charge in [-0.25, -0.2) is 0 Å². The Hall–Kier alpha value is -1.58. The number of carbonyl (C=O) groups excluding carboxylic acids is 1. The lowest BCUT2D eigenvalue weighted by Gasteiger charge is -2.15. The number of hydrogen-bond donors (Lipinski definition) is 1. The summed E-state index contributed by atoms with van der Waals surface area (Å²) in [6.45, 7) is 1.86.